The van der Waals surface area contributed by atoms with Crippen LogP contribution in [-0.4, -0.2) is 26.3 Å². The van der Waals surface area contributed by atoms with Crippen LogP contribution in [-0.2, 0) is 16.1 Å². The summed E-state index contributed by atoms with van der Waals surface area (Å²) in [7, 11) is 0. The van der Waals surface area contributed by atoms with Crippen LogP contribution < -0.4 is 16.2 Å². The number of hydrogen-bond donors (Lipinski definition) is 2. The molecule has 0 aliphatic carbocycles. The first kappa shape index (κ1) is 18.8. The number of thiazole rings is 1. The molecule has 0 aliphatic heterocycles. The van der Waals surface area contributed by atoms with E-state index in [2.05, 4.69) is 20.6 Å². The van der Waals surface area contributed by atoms with Crippen LogP contribution in [0.15, 0.2) is 53.6 Å². The highest BCUT2D eigenvalue weighted by atomic mass is 32.1. The van der Waals surface area contributed by atoms with E-state index in [-0.39, 0.29) is 30.3 Å². The lowest BCUT2D eigenvalue weighted by molar-refractivity contribution is -0.116. The summed E-state index contributed by atoms with van der Waals surface area (Å²) in [6.07, 6.45) is 1.60. The van der Waals surface area contributed by atoms with Crippen LogP contribution in [0, 0.1) is 0 Å². The maximum atomic E-state index is 12.5. The lowest BCUT2D eigenvalue weighted by atomic mass is 10.2. The molecule has 0 saturated carbocycles. The van der Waals surface area contributed by atoms with Crippen molar-refractivity contribution in [2.45, 2.75) is 19.9 Å². The summed E-state index contributed by atoms with van der Waals surface area (Å²) >= 11 is 1.33. The minimum Gasteiger partial charge on any atom is -0.326 e. The van der Waals surface area contributed by atoms with Crippen LogP contribution in [0.3, 0.4) is 0 Å². The average molecular weight is 407 g/mol. The van der Waals surface area contributed by atoms with Gasteiger partial charge in [-0.3, -0.25) is 19.0 Å². The Kier molecular flexibility index (Phi) is 5.05. The quantitative estimate of drug-likeness (QED) is 0.529. The molecule has 0 aliphatic rings. The van der Waals surface area contributed by atoms with E-state index >= 15 is 0 Å². The number of aryl methyl sites for hydroxylation is 1. The highest BCUT2D eigenvalue weighted by Crippen LogP contribution is 2.28. The molecule has 8 nitrogen and oxygen atoms in total. The average Bonchev–Trinajstić information content (AvgIpc) is 3.08. The summed E-state index contributed by atoms with van der Waals surface area (Å²) in [4.78, 5) is 44.5. The van der Waals surface area contributed by atoms with Crippen molar-refractivity contribution in [3.8, 4) is 0 Å². The molecule has 29 heavy (non-hydrogen) atoms. The Balaban J connectivity index is 1.44. The fraction of sp³-hybridized carbons (Fsp3) is 0.150. The number of aromatic nitrogens is 3. The largest absolute Gasteiger partial charge is 0.326 e. The van der Waals surface area contributed by atoms with Crippen LogP contribution in [0.2, 0.25) is 0 Å². The molecule has 0 radical (unpaired) electrons. The van der Waals surface area contributed by atoms with Gasteiger partial charge >= 0.3 is 0 Å². The van der Waals surface area contributed by atoms with Gasteiger partial charge in [-0.15, -0.1) is 0 Å². The van der Waals surface area contributed by atoms with Crippen molar-refractivity contribution in [1.29, 1.82) is 0 Å². The van der Waals surface area contributed by atoms with Crippen molar-refractivity contribution in [1.82, 2.24) is 14.5 Å². The van der Waals surface area contributed by atoms with E-state index in [1.165, 1.54) is 29.2 Å². The molecule has 4 rings (SSSR count). The monoisotopic (exact) mass is 407 g/mol. The number of para-hydroxylation sites is 1. The zero-order chi connectivity index (χ0) is 20.4. The molecular weight excluding hydrogens is 390 g/mol. The number of amides is 2. The molecular formula is C20H17N5O3S. The summed E-state index contributed by atoms with van der Waals surface area (Å²) in [5.41, 5.74) is 1.84. The molecule has 0 saturated heterocycles. The van der Waals surface area contributed by atoms with Gasteiger partial charge in [-0.2, -0.15) is 0 Å². The first-order chi connectivity index (χ1) is 14.0. The molecule has 9 heteroatoms. The summed E-state index contributed by atoms with van der Waals surface area (Å²) in [5.74, 6) is -0.396. The van der Waals surface area contributed by atoms with Crippen molar-refractivity contribution in [3.05, 3.63) is 59.1 Å². The van der Waals surface area contributed by atoms with Gasteiger partial charge in [-0.1, -0.05) is 23.5 Å². The topological polar surface area (TPSA) is 106 Å². The number of carbonyl (C=O) groups excluding carboxylic acids is 2. The first-order valence-corrected chi connectivity index (χ1v) is 9.73. The Bertz CT molecular complexity index is 1290. The normalized spacial score (nSPS) is 10.9. The Hall–Kier alpha value is -3.59. The van der Waals surface area contributed by atoms with Gasteiger partial charge in [0.1, 0.15) is 0 Å². The van der Waals surface area contributed by atoms with Crippen molar-refractivity contribution < 1.29 is 9.59 Å². The summed E-state index contributed by atoms with van der Waals surface area (Å²) in [5, 5.41) is 6.52. The van der Waals surface area contributed by atoms with Crippen molar-refractivity contribution >= 4 is 55.1 Å². The molecule has 2 aromatic carbocycles. The fourth-order valence-corrected chi connectivity index (χ4v) is 3.87. The van der Waals surface area contributed by atoms with Crippen molar-refractivity contribution in [2.24, 2.45) is 0 Å². The summed E-state index contributed by atoms with van der Waals surface area (Å²) in [6, 6.07) is 12.5. The molecule has 146 valence electrons. The molecule has 2 amide bonds. The minimum atomic E-state index is -0.212. The van der Waals surface area contributed by atoms with Gasteiger partial charge in [0.25, 0.3) is 5.56 Å². The maximum Gasteiger partial charge on any atom is 0.261 e. The van der Waals surface area contributed by atoms with Crippen molar-refractivity contribution in [3.63, 3.8) is 0 Å². The van der Waals surface area contributed by atoms with Crippen LogP contribution in [0.5, 0.6) is 0 Å². The molecule has 0 fully saturated rings. The number of nitrogens with one attached hydrogen (secondary N) is 2. The molecule has 0 spiro atoms. The van der Waals surface area contributed by atoms with Crippen molar-refractivity contribution in [2.75, 3.05) is 10.6 Å². The van der Waals surface area contributed by atoms with E-state index in [4.69, 9.17) is 0 Å². The number of carbonyl (C=O) groups is 2. The molecule has 4 aromatic rings. The molecule has 2 aromatic heterocycles. The van der Waals surface area contributed by atoms with Gasteiger partial charge in [0, 0.05) is 25.6 Å². The number of benzene rings is 2. The highest BCUT2D eigenvalue weighted by molar-refractivity contribution is 7.22. The minimum absolute atomic E-state index is 0.137. The molecule has 0 bridgehead atoms. The number of nitrogens with zero attached hydrogens (tertiary/aromatic N) is 3. The first-order valence-electron chi connectivity index (χ1n) is 8.92. The lowest BCUT2D eigenvalue weighted by Gasteiger charge is -2.08. The third kappa shape index (κ3) is 4.14. The predicted molar refractivity (Wildman–Crippen MR) is 113 cm³/mol. The third-order valence-corrected chi connectivity index (χ3v) is 5.20. The molecule has 2 N–H and O–H groups in total. The van der Waals surface area contributed by atoms with Gasteiger partial charge < -0.3 is 10.6 Å². The predicted octanol–water partition coefficient (Wildman–Crippen LogP) is 2.99. The lowest BCUT2D eigenvalue weighted by Crippen LogP contribution is -2.23. The SMILES string of the molecule is CC(=O)Nc1nc2ccc(NC(=O)CCn3cnc4ccccc4c3=O)cc2s1. The summed E-state index contributed by atoms with van der Waals surface area (Å²) < 4.78 is 2.29. The smallest absolute Gasteiger partial charge is 0.261 e. The van der Waals surface area contributed by atoms with E-state index < -0.39 is 0 Å². The van der Waals surface area contributed by atoms with Crippen LogP contribution in [0.4, 0.5) is 10.8 Å². The fourth-order valence-electron chi connectivity index (χ4n) is 2.92. The number of anilines is 2. The van der Waals surface area contributed by atoms with Gasteiger partial charge in [0.05, 0.1) is 27.4 Å². The van der Waals surface area contributed by atoms with Crippen LogP contribution >= 0.6 is 11.3 Å². The maximum absolute atomic E-state index is 12.5. The number of fused-ring (bicyclic) bond motifs is 2. The van der Waals surface area contributed by atoms with Gasteiger partial charge in [-0.25, -0.2) is 9.97 Å². The van der Waals surface area contributed by atoms with Crippen LogP contribution in [0.25, 0.3) is 21.1 Å². The summed E-state index contributed by atoms with van der Waals surface area (Å²) in [6.45, 7) is 1.66. The van der Waals surface area contributed by atoms with E-state index in [1.54, 1.807) is 36.4 Å². The highest BCUT2D eigenvalue weighted by Gasteiger charge is 2.09. The zero-order valence-electron chi connectivity index (χ0n) is 15.5. The standard InChI is InChI=1S/C20H17N5O3S/c1-12(26)22-20-24-16-7-6-13(10-17(16)29-20)23-18(27)8-9-25-11-21-15-5-3-2-4-14(15)19(25)28/h2-7,10-11H,8-9H2,1H3,(H,23,27)(H,22,24,26). The Morgan fingerprint density at radius 1 is 1.10 bits per heavy atom. The molecule has 0 atom stereocenters. The van der Waals surface area contributed by atoms with Gasteiger partial charge in [-0.05, 0) is 30.3 Å². The van der Waals surface area contributed by atoms with E-state index in [0.29, 0.717) is 21.7 Å². The molecule has 2 heterocycles. The third-order valence-electron chi connectivity index (χ3n) is 4.27. The van der Waals surface area contributed by atoms with Gasteiger partial charge in [0.2, 0.25) is 11.8 Å². The van der Waals surface area contributed by atoms with Gasteiger partial charge in [0.15, 0.2) is 5.13 Å². The van der Waals surface area contributed by atoms with E-state index in [1.807, 2.05) is 6.07 Å². The molecule has 0 unspecified atom stereocenters. The van der Waals surface area contributed by atoms with E-state index in [9.17, 15) is 14.4 Å². The zero-order valence-corrected chi connectivity index (χ0v) is 16.3. The second-order valence-corrected chi connectivity index (χ2v) is 7.47. The number of rotatable bonds is 5. The Morgan fingerprint density at radius 2 is 1.93 bits per heavy atom. The van der Waals surface area contributed by atoms with Crippen LogP contribution in [0.1, 0.15) is 13.3 Å². The van der Waals surface area contributed by atoms with E-state index in [0.717, 1.165) is 10.2 Å². The Labute approximate surface area is 169 Å². The Morgan fingerprint density at radius 3 is 2.76 bits per heavy atom. The second-order valence-electron chi connectivity index (χ2n) is 6.44. The second kappa shape index (κ2) is 7.80. The number of hydrogen-bond acceptors (Lipinski definition) is 6.